The van der Waals surface area contributed by atoms with Gasteiger partial charge in [0.2, 0.25) is 10.0 Å². The number of cyclic esters (lactones) is 1. The molecule has 0 radical (unpaired) electrons. The number of hydroxylamine groups is 1. The standard InChI is InChI=1S/C18H23F3N4O7S/c19-14-9-12(24-11-13(32-18(24)28)10-22-17(27)16(20)21)1-2-15(14)23-3-4-25(31-7-5-23)33(29,30)8-6-26/h1-2,9,13,16,26H,3-8,10-11H2,(H,22,27)/t13-/m0/s1. The maximum Gasteiger partial charge on any atom is 0.414 e. The number of hydrogen-bond donors (Lipinski definition) is 2. The molecule has 1 aromatic rings. The third-order valence-electron chi connectivity index (χ3n) is 4.97. The lowest BCUT2D eigenvalue weighted by atomic mass is 10.2. The Balaban J connectivity index is 1.64. The number of carbonyl (C=O) groups excluding carboxylic acids is 2. The average molecular weight is 496 g/mol. The van der Waals surface area contributed by atoms with Gasteiger partial charge < -0.3 is 20.1 Å². The van der Waals surface area contributed by atoms with Gasteiger partial charge in [0.1, 0.15) is 11.9 Å². The first-order valence-corrected chi connectivity index (χ1v) is 11.6. The minimum atomic E-state index is -3.80. The van der Waals surface area contributed by atoms with E-state index in [4.69, 9.17) is 14.7 Å². The van der Waals surface area contributed by atoms with E-state index in [2.05, 4.69) is 0 Å². The molecule has 2 saturated heterocycles. The first-order chi connectivity index (χ1) is 15.6. The Bertz CT molecular complexity index is 982. The number of carbonyl (C=O) groups is 2. The molecule has 2 N–H and O–H groups in total. The van der Waals surface area contributed by atoms with Crippen molar-refractivity contribution in [1.29, 1.82) is 0 Å². The SMILES string of the molecule is O=C(NC[C@H]1CN(c2ccc(N3CCON(S(=O)(=O)CCO)CC3)c(F)c2)C(=O)O1)C(F)F. The van der Waals surface area contributed by atoms with Crippen LogP contribution in [0.1, 0.15) is 0 Å². The molecule has 3 rings (SSSR count). The first kappa shape index (κ1) is 25.0. The average Bonchev–Trinajstić information content (AvgIpc) is 2.95. The fourth-order valence-electron chi connectivity index (χ4n) is 3.36. The number of aliphatic hydroxyl groups is 1. The van der Waals surface area contributed by atoms with Crippen molar-refractivity contribution in [2.75, 3.05) is 61.5 Å². The third kappa shape index (κ3) is 6.04. The highest BCUT2D eigenvalue weighted by atomic mass is 32.2. The van der Waals surface area contributed by atoms with Crippen molar-refractivity contribution in [2.45, 2.75) is 12.5 Å². The Morgan fingerprint density at radius 1 is 1.27 bits per heavy atom. The van der Waals surface area contributed by atoms with Crippen molar-refractivity contribution in [3.63, 3.8) is 0 Å². The molecule has 0 unspecified atom stereocenters. The van der Waals surface area contributed by atoms with Crippen molar-refractivity contribution < 1.29 is 45.9 Å². The molecule has 2 aliphatic heterocycles. The molecule has 15 heteroatoms. The minimum Gasteiger partial charge on any atom is -0.442 e. The number of nitrogens with one attached hydrogen (secondary N) is 1. The van der Waals surface area contributed by atoms with Crippen LogP contribution in [-0.4, -0.2) is 94.2 Å². The molecule has 11 nitrogen and oxygen atoms in total. The Morgan fingerprint density at radius 3 is 2.70 bits per heavy atom. The van der Waals surface area contributed by atoms with Crippen molar-refractivity contribution in [3.8, 4) is 0 Å². The van der Waals surface area contributed by atoms with Crippen molar-refractivity contribution in [2.24, 2.45) is 0 Å². The summed E-state index contributed by atoms with van der Waals surface area (Å²) in [5.74, 6) is -2.65. The van der Waals surface area contributed by atoms with E-state index < -0.39 is 52.7 Å². The largest absolute Gasteiger partial charge is 0.442 e. The number of ether oxygens (including phenoxy) is 1. The molecule has 2 heterocycles. The quantitative estimate of drug-likeness (QED) is 0.511. The zero-order chi connectivity index (χ0) is 24.2. The number of aliphatic hydroxyl groups excluding tert-OH is 1. The van der Waals surface area contributed by atoms with E-state index in [1.54, 1.807) is 4.90 Å². The van der Waals surface area contributed by atoms with Crippen LogP contribution in [0.3, 0.4) is 0 Å². The Kier molecular flexibility index (Phi) is 7.99. The van der Waals surface area contributed by atoms with Crippen LogP contribution in [0.4, 0.5) is 29.3 Å². The second kappa shape index (κ2) is 10.5. The summed E-state index contributed by atoms with van der Waals surface area (Å²) in [6.45, 7) is -0.728. The van der Waals surface area contributed by atoms with Gasteiger partial charge in [-0.15, -0.1) is 0 Å². The summed E-state index contributed by atoms with van der Waals surface area (Å²) in [6, 6.07) is 3.98. The van der Waals surface area contributed by atoms with E-state index in [9.17, 15) is 31.2 Å². The maximum atomic E-state index is 14.9. The summed E-state index contributed by atoms with van der Waals surface area (Å²) in [5.41, 5.74) is 0.333. The molecule has 2 aliphatic rings. The molecule has 0 saturated carbocycles. The number of rotatable bonds is 8. The van der Waals surface area contributed by atoms with E-state index in [0.717, 1.165) is 15.4 Å². The predicted octanol–water partition coefficient (Wildman–Crippen LogP) is -0.0921. The number of alkyl halides is 2. The van der Waals surface area contributed by atoms with Gasteiger partial charge in [0.05, 0.1) is 50.0 Å². The van der Waals surface area contributed by atoms with Crippen LogP contribution in [0.25, 0.3) is 0 Å². The van der Waals surface area contributed by atoms with Crippen LogP contribution < -0.4 is 15.1 Å². The third-order valence-corrected chi connectivity index (χ3v) is 6.58. The van der Waals surface area contributed by atoms with Gasteiger partial charge in [-0.25, -0.2) is 17.6 Å². The zero-order valence-electron chi connectivity index (χ0n) is 17.3. The first-order valence-electron chi connectivity index (χ1n) is 9.95. The fourth-order valence-corrected chi connectivity index (χ4v) is 4.39. The summed E-state index contributed by atoms with van der Waals surface area (Å²) in [4.78, 5) is 31.0. The molecule has 184 valence electrons. The number of anilines is 2. The van der Waals surface area contributed by atoms with E-state index >= 15 is 0 Å². The van der Waals surface area contributed by atoms with E-state index in [1.807, 2.05) is 5.32 Å². The van der Waals surface area contributed by atoms with Crippen molar-refractivity contribution >= 4 is 33.4 Å². The molecule has 2 fully saturated rings. The molecule has 0 aromatic heterocycles. The van der Waals surface area contributed by atoms with Gasteiger partial charge in [0.15, 0.2) is 0 Å². The second-order valence-electron chi connectivity index (χ2n) is 7.18. The fraction of sp³-hybridized carbons (Fsp3) is 0.556. The lowest BCUT2D eigenvalue weighted by Crippen LogP contribution is -2.37. The highest BCUT2D eigenvalue weighted by Gasteiger charge is 2.34. The number of sulfonamides is 1. The summed E-state index contributed by atoms with van der Waals surface area (Å²) in [6.07, 6.45) is -4.88. The van der Waals surface area contributed by atoms with Crippen LogP contribution in [-0.2, 0) is 24.4 Å². The van der Waals surface area contributed by atoms with E-state index in [0.29, 0.717) is 0 Å². The second-order valence-corrected chi connectivity index (χ2v) is 9.16. The zero-order valence-corrected chi connectivity index (χ0v) is 18.1. The van der Waals surface area contributed by atoms with Gasteiger partial charge >= 0.3 is 12.5 Å². The van der Waals surface area contributed by atoms with Gasteiger partial charge in [-0.2, -0.15) is 8.78 Å². The van der Waals surface area contributed by atoms with Crippen LogP contribution in [0.2, 0.25) is 0 Å². The number of benzene rings is 1. The monoisotopic (exact) mass is 496 g/mol. The Labute approximate surface area is 187 Å². The molecular formula is C18H23F3N4O7S. The summed E-state index contributed by atoms with van der Waals surface area (Å²) < 4.78 is 69.3. The van der Waals surface area contributed by atoms with E-state index in [-0.39, 0.29) is 50.7 Å². The lowest BCUT2D eigenvalue weighted by Gasteiger charge is -2.23. The summed E-state index contributed by atoms with van der Waals surface area (Å²) in [7, 11) is -3.80. The molecule has 1 aromatic carbocycles. The Hall–Kier alpha value is -2.62. The summed E-state index contributed by atoms with van der Waals surface area (Å²) >= 11 is 0. The Morgan fingerprint density at radius 2 is 2.03 bits per heavy atom. The maximum absolute atomic E-state index is 14.9. The number of halogens is 3. The molecule has 0 aliphatic carbocycles. The van der Waals surface area contributed by atoms with Crippen molar-refractivity contribution in [3.05, 3.63) is 24.0 Å². The topological polar surface area (TPSA) is 129 Å². The molecule has 1 atom stereocenters. The van der Waals surface area contributed by atoms with Crippen LogP contribution in [0.15, 0.2) is 18.2 Å². The molecule has 0 spiro atoms. The van der Waals surface area contributed by atoms with Gasteiger partial charge in [-0.1, -0.05) is 4.47 Å². The molecule has 33 heavy (non-hydrogen) atoms. The molecule has 2 amide bonds. The van der Waals surface area contributed by atoms with E-state index in [1.165, 1.54) is 12.1 Å². The van der Waals surface area contributed by atoms with Gasteiger partial charge in [0.25, 0.3) is 5.91 Å². The number of hydrogen-bond acceptors (Lipinski definition) is 8. The predicted molar refractivity (Wildman–Crippen MR) is 109 cm³/mol. The number of nitrogens with zero attached hydrogens (tertiary/aromatic N) is 3. The smallest absolute Gasteiger partial charge is 0.414 e. The van der Waals surface area contributed by atoms with Crippen molar-refractivity contribution in [1.82, 2.24) is 9.79 Å². The van der Waals surface area contributed by atoms with Gasteiger partial charge in [-0.05, 0) is 18.2 Å². The van der Waals surface area contributed by atoms with Crippen LogP contribution in [0.5, 0.6) is 0 Å². The van der Waals surface area contributed by atoms with Crippen LogP contribution in [0, 0.1) is 5.82 Å². The number of amides is 2. The highest BCUT2D eigenvalue weighted by molar-refractivity contribution is 7.88. The molecular weight excluding hydrogens is 473 g/mol. The molecule has 0 bridgehead atoms. The minimum absolute atomic E-state index is 0.0314. The van der Waals surface area contributed by atoms with Crippen LogP contribution >= 0.6 is 0 Å². The highest BCUT2D eigenvalue weighted by Crippen LogP contribution is 2.28. The summed E-state index contributed by atoms with van der Waals surface area (Å²) in [5, 5.41) is 10.9. The lowest BCUT2D eigenvalue weighted by molar-refractivity contribution is -0.132. The normalized spacial score (nSPS) is 20.2. The van der Waals surface area contributed by atoms with Gasteiger partial charge in [-0.3, -0.25) is 14.5 Å². The van der Waals surface area contributed by atoms with Gasteiger partial charge in [0, 0.05) is 13.1 Å².